The molecule has 4 N–H and O–H groups in total. The lowest BCUT2D eigenvalue weighted by Gasteiger charge is -2.34. The van der Waals surface area contributed by atoms with Crippen molar-refractivity contribution in [2.45, 2.75) is 19.3 Å². The number of ether oxygens (including phenoxy) is 1. The number of imidazole rings is 1. The first kappa shape index (κ1) is 20.7. The summed E-state index contributed by atoms with van der Waals surface area (Å²) in [6.07, 6.45) is 2.07. The highest BCUT2D eigenvalue weighted by Crippen LogP contribution is 2.29. The van der Waals surface area contributed by atoms with Gasteiger partial charge in [0.05, 0.1) is 16.4 Å². The number of amides is 1. The second-order valence-electron chi connectivity index (χ2n) is 5.80. The zero-order valence-electron chi connectivity index (χ0n) is 13.4. The van der Waals surface area contributed by atoms with E-state index in [1.807, 2.05) is 24.3 Å². The molecule has 0 unspecified atom stereocenters. The van der Waals surface area contributed by atoms with Gasteiger partial charge in [-0.2, -0.15) is 0 Å². The van der Waals surface area contributed by atoms with Gasteiger partial charge in [-0.15, -0.1) is 24.8 Å². The first-order valence-corrected chi connectivity index (χ1v) is 7.73. The molecule has 1 aliphatic heterocycles. The van der Waals surface area contributed by atoms with Crippen molar-refractivity contribution in [3.05, 3.63) is 30.1 Å². The third kappa shape index (κ3) is 4.39. The molecule has 0 bridgehead atoms. The first-order chi connectivity index (χ1) is 10.7. The van der Waals surface area contributed by atoms with Gasteiger partial charge in [0.15, 0.2) is 0 Å². The quantitative estimate of drug-likeness (QED) is 0.743. The van der Waals surface area contributed by atoms with Gasteiger partial charge in [0.1, 0.15) is 5.82 Å². The van der Waals surface area contributed by atoms with E-state index in [1.165, 1.54) is 0 Å². The van der Waals surface area contributed by atoms with E-state index < -0.39 is 5.41 Å². The molecule has 1 fully saturated rings. The number of halogens is 2. The number of nitrogens with zero attached hydrogens (tertiary/aromatic N) is 1. The van der Waals surface area contributed by atoms with Crippen LogP contribution in [0.1, 0.15) is 18.7 Å². The highest BCUT2D eigenvalue weighted by Gasteiger charge is 2.38. The molecular weight excluding hydrogens is 351 g/mol. The Balaban J connectivity index is 0.00000144. The molecule has 1 amide bonds. The summed E-state index contributed by atoms with van der Waals surface area (Å²) in [4.78, 5) is 20.2. The lowest BCUT2D eigenvalue weighted by atomic mass is 9.79. The molecule has 1 aromatic carbocycles. The molecule has 2 aromatic rings. The van der Waals surface area contributed by atoms with E-state index in [2.05, 4.69) is 15.3 Å². The van der Waals surface area contributed by atoms with Crippen LogP contribution in [-0.2, 0) is 16.0 Å². The van der Waals surface area contributed by atoms with Crippen LogP contribution < -0.4 is 11.1 Å². The molecular formula is C16H24Cl2N4O2. The Labute approximate surface area is 153 Å². The van der Waals surface area contributed by atoms with Crippen LogP contribution in [0, 0.1) is 5.41 Å². The predicted octanol–water partition coefficient (Wildman–Crippen LogP) is 1.82. The van der Waals surface area contributed by atoms with E-state index in [9.17, 15) is 4.79 Å². The van der Waals surface area contributed by atoms with E-state index in [-0.39, 0.29) is 30.7 Å². The number of nitrogens with one attached hydrogen (secondary N) is 2. The van der Waals surface area contributed by atoms with E-state index in [4.69, 9.17) is 10.5 Å². The number of carbonyl (C=O) groups excluding carboxylic acids is 1. The van der Waals surface area contributed by atoms with Gasteiger partial charge < -0.3 is 20.8 Å². The average Bonchev–Trinajstić information content (AvgIpc) is 2.98. The summed E-state index contributed by atoms with van der Waals surface area (Å²) < 4.78 is 5.33. The fourth-order valence-corrected chi connectivity index (χ4v) is 2.89. The molecule has 2 heterocycles. The minimum Gasteiger partial charge on any atom is -0.381 e. The predicted molar refractivity (Wildman–Crippen MR) is 98.8 cm³/mol. The molecule has 6 nitrogen and oxygen atoms in total. The number of rotatable bonds is 5. The standard InChI is InChI=1S/C16H22N4O2.2ClH/c17-11-16(6-9-22-10-7-16)15(21)18-8-5-14-19-12-3-1-2-4-13(12)20-14;;/h1-4H,5-11,17H2,(H,18,21)(H,19,20);2*1H. The lowest BCUT2D eigenvalue weighted by molar-refractivity contribution is -0.135. The Hall–Kier alpha value is -1.34. The fraction of sp³-hybridized carbons (Fsp3) is 0.500. The van der Waals surface area contributed by atoms with Gasteiger partial charge in [-0.25, -0.2) is 4.98 Å². The zero-order valence-corrected chi connectivity index (χ0v) is 15.0. The number of hydrogen-bond donors (Lipinski definition) is 3. The van der Waals surface area contributed by atoms with Crippen molar-refractivity contribution in [2.75, 3.05) is 26.3 Å². The van der Waals surface area contributed by atoms with Crippen molar-refractivity contribution in [2.24, 2.45) is 11.1 Å². The normalized spacial score (nSPS) is 16.0. The van der Waals surface area contributed by atoms with Crippen molar-refractivity contribution in [1.29, 1.82) is 0 Å². The van der Waals surface area contributed by atoms with Crippen LogP contribution in [0.3, 0.4) is 0 Å². The van der Waals surface area contributed by atoms with Gasteiger partial charge >= 0.3 is 0 Å². The lowest BCUT2D eigenvalue weighted by Crippen LogP contribution is -2.49. The molecule has 8 heteroatoms. The molecule has 0 radical (unpaired) electrons. The van der Waals surface area contributed by atoms with Gasteiger partial charge in [0, 0.05) is 32.7 Å². The number of para-hydroxylation sites is 2. The smallest absolute Gasteiger partial charge is 0.227 e. The van der Waals surface area contributed by atoms with Crippen molar-refractivity contribution in [3.8, 4) is 0 Å². The molecule has 1 aromatic heterocycles. The summed E-state index contributed by atoms with van der Waals surface area (Å²) >= 11 is 0. The fourth-order valence-electron chi connectivity index (χ4n) is 2.89. The van der Waals surface area contributed by atoms with E-state index in [0.717, 1.165) is 16.9 Å². The topological polar surface area (TPSA) is 93.0 Å². The van der Waals surface area contributed by atoms with E-state index >= 15 is 0 Å². The highest BCUT2D eigenvalue weighted by molar-refractivity contribution is 5.85. The van der Waals surface area contributed by atoms with Crippen LogP contribution >= 0.6 is 24.8 Å². The Morgan fingerprint density at radius 3 is 2.67 bits per heavy atom. The molecule has 0 spiro atoms. The SMILES string of the molecule is Cl.Cl.NCC1(C(=O)NCCc2nc3ccccc3[nH]2)CCOCC1. The van der Waals surface area contributed by atoms with Crippen molar-refractivity contribution < 1.29 is 9.53 Å². The van der Waals surface area contributed by atoms with Gasteiger partial charge in [0.2, 0.25) is 5.91 Å². The van der Waals surface area contributed by atoms with Gasteiger partial charge in [-0.1, -0.05) is 12.1 Å². The average molecular weight is 375 g/mol. The Bertz CT molecular complexity index is 623. The van der Waals surface area contributed by atoms with Gasteiger partial charge in [0.25, 0.3) is 0 Å². The Morgan fingerprint density at radius 1 is 1.29 bits per heavy atom. The van der Waals surface area contributed by atoms with Crippen LogP contribution in [0.25, 0.3) is 11.0 Å². The summed E-state index contributed by atoms with van der Waals surface area (Å²) in [5, 5.41) is 3.00. The summed E-state index contributed by atoms with van der Waals surface area (Å²) in [6.45, 7) is 2.14. The van der Waals surface area contributed by atoms with E-state index in [0.29, 0.717) is 45.6 Å². The number of carbonyl (C=O) groups is 1. The van der Waals surface area contributed by atoms with Crippen molar-refractivity contribution >= 4 is 41.8 Å². The maximum absolute atomic E-state index is 12.4. The first-order valence-electron chi connectivity index (χ1n) is 7.73. The molecule has 0 atom stereocenters. The van der Waals surface area contributed by atoms with Crippen LogP contribution in [0.2, 0.25) is 0 Å². The van der Waals surface area contributed by atoms with E-state index in [1.54, 1.807) is 0 Å². The Morgan fingerprint density at radius 2 is 2.00 bits per heavy atom. The number of aromatic amines is 1. The van der Waals surface area contributed by atoms with Crippen molar-refractivity contribution in [3.63, 3.8) is 0 Å². The minimum atomic E-state index is -0.466. The zero-order chi connectivity index (χ0) is 15.4. The van der Waals surface area contributed by atoms with Crippen LogP contribution in [0.4, 0.5) is 0 Å². The second-order valence-corrected chi connectivity index (χ2v) is 5.80. The Kier molecular flexibility index (Phi) is 7.96. The summed E-state index contributed by atoms with van der Waals surface area (Å²) in [5.74, 6) is 0.921. The van der Waals surface area contributed by atoms with Gasteiger partial charge in [-0.05, 0) is 25.0 Å². The largest absolute Gasteiger partial charge is 0.381 e. The summed E-state index contributed by atoms with van der Waals surface area (Å²) in [6, 6.07) is 7.91. The number of nitrogens with two attached hydrogens (primary N) is 1. The molecule has 134 valence electrons. The maximum atomic E-state index is 12.4. The van der Waals surface area contributed by atoms with Crippen LogP contribution in [0.15, 0.2) is 24.3 Å². The summed E-state index contributed by atoms with van der Waals surface area (Å²) in [5.41, 5.74) is 7.34. The van der Waals surface area contributed by atoms with Crippen LogP contribution in [0.5, 0.6) is 0 Å². The van der Waals surface area contributed by atoms with Crippen molar-refractivity contribution in [1.82, 2.24) is 15.3 Å². The third-order valence-electron chi connectivity index (χ3n) is 4.41. The van der Waals surface area contributed by atoms with Gasteiger partial charge in [-0.3, -0.25) is 4.79 Å². The molecule has 1 aliphatic rings. The minimum absolute atomic E-state index is 0. The number of fused-ring (bicyclic) bond motifs is 1. The molecule has 3 rings (SSSR count). The van der Waals surface area contributed by atoms with Crippen LogP contribution in [-0.4, -0.2) is 42.2 Å². The number of H-pyrrole nitrogens is 1. The maximum Gasteiger partial charge on any atom is 0.227 e. The third-order valence-corrected chi connectivity index (χ3v) is 4.41. The molecule has 24 heavy (non-hydrogen) atoms. The summed E-state index contributed by atoms with van der Waals surface area (Å²) in [7, 11) is 0. The highest BCUT2D eigenvalue weighted by atomic mass is 35.5. The molecule has 0 saturated carbocycles. The molecule has 0 aliphatic carbocycles. The number of hydrogen-bond acceptors (Lipinski definition) is 4. The monoisotopic (exact) mass is 374 g/mol. The number of aromatic nitrogens is 2. The number of benzene rings is 1. The molecule has 1 saturated heterocycles. The second kappa shape index (κ2) is 9.22.